The number of carbonyl (C=O) groups excluding carboxylic acids is 1. The predicted molar refractivity (Wildman–Crippen MR) is 103 cm³/mol. The maximum Gasteiger partial charge on any atom is 0.344 e. The molecule has 1 fully saturated rings. The molecular formula is C22H31NO3. The van der Waals surface area contributed by atoms with Crippen LogP contribution in [0, 0.1) is 17.7 Å². The van der Waals surface area contributed by atoms with Gasteiger partial charge in [0.1, 0.15) is 0 Å². The van der Waals surface area contributed by atoms with Crippen LogP contribution in [-0.4, -0.2) is 42.2 Å². The molecule has 1 aliphatic rings. The van der Waals surface area contributed by atoms with Gasteiger partial charge >= 0.3 is 5.97 Å². The third-order valence-corrected chi connectivity index (χ3v) is 3.05. The molecule has 4 nitrogen and oxygen atoms in total. The van der Waals surface area contributed by atoms with Crippen molar-refractivity contribution in [3.05, 3.63) is 35.8 Å². The van der Waals surface area contributed by atoms with Crippen molar-refractivity contribution in [3.8, 4) is 11.8 Å². The number of esters is 1. The van der Waals surface area contributed by atoms with Crippen LogP contribution in [0.25, 0.3) is 0 Å². The maximum absolute atomic E-state index is 14.0. The highest BCUT2D eigenvalue weighted by molar-refractivity contribution is 5.81. The Balaban J connectivity index is 2.99. The van der Waals surface area contributed by atoms with E-state index in [-0.39, 0.29) is 0 Å². The summed E-state index contributed by atoms with van der Waals surface area (Å²) in [6.07, 6.45) is -22.2. The van der Waals surface area contributed by atoms with Crippen LogP contribution in [0.15, 0.2) is 30.2 Å². The molecular weight excluding hydrogens is 326 g/mol. The summed E-state index contributed by atoms with van der Waals surface area (Å²) in [4.78, 5) is 14.7. The van der Waals surface area contributed by atoms with Crippen molar-refractivity contribution in [2.75, 3.05) is 26.2 Å². The molecule has 2 rings (SSSR count). The molecule has 1 aliphatic carbocycles. The molecule has 0 radical (unpaired) electrons. The second kappa shape index (κ2) is 10.4. The van der Waals surface area contributed by atoms with Gasteiger partial charge in [0, 0.05) is 29.2 Å². The van der Waals surface area contributed by atoms with Gasteiger partial charge in [-0.3, -0.25) is 4.90 Å². The molecule has 1 aromatic carbocycles. The van der Waals surface area contributed by atoms with Crippen molar-refractivity contribution in [1.82, 2.24) is 4.90 Å². The third-order valence-electron chi connectivity index (χ3n) is 3.05. The normalized spacial score (nSPS) is 43.2. The van der Waals surface area contributed by atoms with E-state index >= 15 is 0 Å². The van der Waals surface area contributed by atoms with Gasteiger partial charge in [-0.25, -0.2) is 4.79 Å². The van der Waals surface area contributed by atoms with Gasteiger partial charge in [-0.15, -0.1) is 0 Å². The van der Waals surface area contributed by atoms with Crippen molar-refractivity contribution in [3.63, 3.8) is 0 Å². The predicted octanol–water partition coefficient (Wildman–Crippen LogP) is 3.34. The van der Waals surface area contributed by atoms with Gasteiger partial charge < -0.3 is 9.84 Å². The standard InChI is InChI=1S/C22H31NO3/c1-3-23(4-2)17-11-12-18-26-21(24)22(25,19-13-7-5-8-14-19)20-15-9-6-10-16-20/h5,7-8,13-14,20,25H,3-4,6,9-10,15-18H2,1-2H3/i1D3,2D3,5D,6D2,7D,8D,9D2,10D2,13D,14D,15D2,16D2,18D2,20D. The lowest BCUT2D eigenvalue weighted by Gasteiger charge is -2.36. The van der Waals surface area contributed by atoms with E-state index in [1.165, 1.54) is 0 Å². The van der Waals surface area contributed by atoms with Gasteiger partial charge in [-0.1, -0.05) is 74.9 Å². The highest BCUT2D eigenvalue weighted by Crippen LogP contribution is 2.40. The van der Waals surface area contributed by atoms with Crippen LogP contribution in [0.3, 0.4) is 0 Å². The van der Waals surface area contributed by atoms with Crippen LogP contribution < -0.4 is 0 Å². The van der Waals surface area contributed by atoms with Crippen LogP contribution in [-0.2, 0) is 15.1 Å². The lowest BCUT2D eigenvalue weighted by molar-refractivity contribution is -0.174. The summed E-state index contributed by atoms with van der Waals surface area (Å²) in [6.45, 7) is -11.8. The Bertz CT molecular complexity index is 1490. The number of aliphatic hydroxyl groups is 1. The molecule has 1 saturated carbocycles. The zero-order chi connectivity index (χ0) is 39.9. The summed E-state index contributed by atoms with van der Waals surface area (Å²) in [5, 5.41) is 12.2. The van der Waals surface area contributed by atoms with Crippen molar-refractivity contribution in [2.24, 2.45) is 5.89 Å². The topological polar surface area (TPSA) is 49.8 Å². The summed E-state index contributed by atoms with van der Waals surface area (Å²) >= 11 is 0. The molecule has 0 aromatic heterocycles. The molecule has 1 unspecified atom stereocenters. The summed E-state index contributed by atoms with van der Waals surface area (Å²) in [7, 11) is 0. The van der Waals surface area contributed by atoms with Crippen molar-refractivity contribution in [1.29, 1.82) is 0 Å². The minimum atomic E-state index is -4.84. The van der Waals surface area contributed by atoms with E-state index in [0.29, 0.717) is 0 Å². The molecule has 0 amide bonds. The fourth-order valence-corrected chi connectivity index (χ4v) is 1.69. The fraction of sp³-hybridized carbons (Fsp3) is 0.591. The van der Waals surface area contributed by atoms with Crippen LogP contribution in [0.4, 0.5) is 0 Å². The molecule has 1 aromatic rings. The van der Waals surface area contributed by atoms with E-state index in [2.05, 4.69) is 4.74 Å². The summed E-state index contributed by atoms with van der Waals surface area (Å²) in [5.74, 6) is -3.97. The fourth-order valence-electron chi connectivity index (χ4n) is 1.69. The Labute approximate surface area is 191 Å². The van der Waals surface area contributed by atoms with E-state index in [4.69, 9.17) is 32.9 Å². The number of hydrogen-bond donors (Lipinski definition) is 1. The lowest BCUT2D eigenvalue weighted by atomic mass is 9.73. The van der Waals surface area contributed by atoms with Gasteiger partial charge in [0.25, 0.3) is 0 Å². The second-order valence-corrected chi connectivity index (χ2v) is 4.65. The molecule has 0 spiro atoms. The molecule has 0 saturated heterocycles. The van der Waals surface area contributed by atoms with Crippen LogP contribution in [0.1, 0.15) is 84.0 Å². The van der Waals surface area contributed by atoms with Gasteiger partial charge in [-0.05, 0) is 31.4 Å². The van der Waals surface area contributed by atoms with E-state index in [1.807, 2.05) is 5.92 Å². The average molecular weight is 382 g/mol. The van der Waals surface area contributed by atoms with E-state index < -0.39 is 125 Å². The molecule has 26 heavy (non-hydrogen) atoms. The number of hydrogen-bond acceptors (Lipinski definition) is 4. The van der Waals surface area contributed by atoms with Gasteiger partial charge in [0.2, 0.25) is 0 Å². The minimum absolute atomic E-state index is 0.746. The highest BCUT2D eigenvalue weighted by atomic mass is 16.5. The maximum atomic E-state index is 14.0. The summed E-state index contributed by atoms with van der Waals surface area (Å²) < 4.78 is 197. The molecule has 0 heterocycles. The van der Waals surface area contributed by atoms with Crippen LogP contribution in [0.5, 0.6) is 0 Å². The SMILES string of the molecule is [2H]c1c([2H])c([2H])c(C(O)(C(=O)OC([2H])([2H])C#CCN(CC([2H])([2H])[2H])CC([2H])([2H])[2H])C2([2H])C([2H])([2H])C([2H])([2H])C([2H])([2H])C([2H])([2H])C2([2H])[2H])c([2H])c1[2H]. The Kier molecular flexibility index (Phi) is 2.14. The van der Waals surface area contributed by atoms with Gasteiger partial charge in [0.05, 0.1) is 16.1 Å². The van der Waals surface area contributed by atoms with E-state index in [0.717, 1.165) is 4.90 Å². The van der Waals surface area contributed by atoms with Crippen molar-refractivity contribution >= 4 is 5.97 Å². The first-order valence-electron chi connectivity index (χ1n) is 19.1. The van der Waals surface area contributed by atoms with Crippen LogP contribution >= 0.6 is 0 Å². The van der Waals surface area contributed by atoms with E-state index in [1.54, 1.807) is 5.92 Å². The quantitative estimate of drug-likeness (QED) is 0.581. The van der Waals surface area contributed by atoms with Crippen molar-refractivity contribution in [2.45, 2.75) is 51.2 Å². The summed E-state index contributed by atoms with van der Waals surface area (Å²) in [5.41, 5.74) is -6.72. The number of rotatable bonds is 7. The molecule has 1 N–H and O–H groups in total. The molecule has 4 heteroatoms. The first-order valence-corrected chi connectivity index (χ1v) is 7.10. The van der Waals surface area contributed by atoms with Crippen molar-refractivity contribution < 1.29 is 47.5 Å². The molecule has 0 bridgehead atoms. The number of carbonyl (C=O) groups is 1. The number of nitrogens with zero attached hydrogens (tertiary/aromatic N) is 1. The molecule has 142 valence electrons. The number of benzene rings is 1. The zero-order valence-corrected chi connectivity index (χ0v) is 13.3. The van der Waals surface area contributed by atoms with Gasteiger partial charge in [-0.2, -0.15) is 0 Å². The Morgan fingerprint density at radius 2 is 2.08 bits per heavy atom. The largest absolute Gasteiger partial charge is 0.450 e. The lowest BCUT2D eigenvalue weighted by Crippen LogP contribution is -2.45. The van der Waals surface area contributed by atoms with Gasteiger partial charge in [0.15, 0.2) is 12.2 Å². The summed E-state index contributed by atoms with van der Waals surface area (Å²) in [6, 6.07) is -7.32. The van der Waals surface area contributed by atoms with E-state index in [9.17, 15) is 9.90 Å². The Morgan fingerprint density at radius 1 is 1.38 bits per heavy atom. The smallest absolute Gasteiger partial charge is 0.344 e. The third kappa shape index (κ3) is 5.09. The zero-order valence-electron chi connectivity index (χ0n) is 37.3. The molecule has 1 atom stereocenters. The first-order chi connectivity index (χ1) is 21.8. The number of ether oxygens (including phenoxy) is 1. The highest BCUT2D eigenvalue weighted by Gasteiger charge is 2.46. The first kappa shape index (κ1) is 5.37. The second-order valence-electron chi connectivity index (χ2n) is 4.65. The Morgan fingerprint density at radius 3 is 2.73 bits per heavy atom. The minimum Gasteiger partial charge on any atom is -0.450 e. The van der Waals surface area contributed by atoms with Crippen LogP contribution in [0.2, 0.25) is 0 Å². The molecule has 0 aliphatic heterocycles. The monoisotopic (exact) mass is 381 g/mol. The Hall–Kier alpha value is -1.83. The average Bonchev–Trinajstić information content (AvgIpc) is 2.91.